The number of rotatable bonds is 4. The number of benzene rings is 1. The first-order valence-electron chi connectivity index (χ1n) is 4.77. The van der Waals surface area contributed by atoms with Gasteiger partial charge in [-0.25, -0.2) is 9.74 Å². The van der Waals surface area contributed by atoms with Crippen molar-refractivity contribution in [3.8, 4) is 5.75 Å². The molecule has 4 heteroatoms. The molecule has 1 rings (SSSR count). The van der Waals surface area contributed by atoms with E-state index < -0.39 is 5.97 Å². The van der Waals surface area contributed by atoms with Gasteiger partial charge in [0.2, 0.25) is 0 Å². The first kappa shape index (κ1) is 11.5. The van der Waals surface area contributed by atoms with Crippen molar-refractivity contribution in [2.24, 2.45) is 0 Å². The van der Waals surface area contributed by atoms with E-state index in [2.05, 4.69) is 4.94 Å². The van der Waals surface area contributed by atoms with Crippen LogP contribution in [0.15, 0.2) is 24.3 Å². The van der Waals surface area contributed by atoms with Crippen LogP contribution >= 0.6 is 0 Å². The lowest BCUT2D eigenvalue weighted by Gasteiger charge is -2.12. The molecule has 82 valence electrons. The van der Waals surface area contributed by atoms with Crippen molar-refractivity contribution in [1.29, 1.82) is 0 Å². The van der Waals surface area contributed by atoms with Gasteiger partial charge in [0.25, 0.3) is 0 Å². The summed E-state index contributed by atoms with van der Waals surface area (Å²) in [5.74, 6) is -0.343. The van der Waals surface area contributed by atoms with Gasteiger partial charge in [-0.05, 0) is 37.6 Å². The van der Waals surface area contributed by atoms with Gasteiger partial charge in [-0.3, -0.25) is 0 Å². The summed E-state index contributed by atoms with van der Waals surface area (Å²) in [5, 5.41) is 0. The van der Waals surface area contributed by atoms with Gasteiger partial charge in [0.05, 0.1) is 11.7 Å². The molecule has 0 aliphatic rings. The molecule has 0 aliphatic carbocycles. The summed E-state index contributed by atoms with van der Waals surface area (Å²) in [6, 6.07) is 6.14. The third-order valence-corrected chi connectivity index (χ3v) is 2.07. The van der Waals surface area contributed by atoms with Crippen LogP contribution in [0, 0.1) is 0 Å². The quantitative estimate of drug-likeness (QED) is 0.769. The molecule has 1 aromatic rings. The molecular formula is C11H13FO3. The third-order valence-electron chi connectivity index (χ3n) is 2.07. The highest BCUT2D eigenvalue weighted by molar-refractivity contribution is 5.88. The fourth-order valence-corrected chi connectivity index (χ4v) is 1.03. The lowest BCUT2D eigenvalue weighted by molar-refractivity contribution is -0.0788. The van der Waals surface area contributed by atoms with E-state index >= 15 is 0 Å². The molecule has 0 spiro atoms. The number of ether oxygens (including phenoxy) is 1. The Kier molecular flexibility index (Phi) is 4.09. The van der Waals surface area contributed by atoms with Crippen LogP contribution in [-0.2, 0) is 4.94 Å². The Bertz CT molecular complexity index is 321. The number of halogens is 1. The van der Waals surface area contributed by atoms with Gasteiger partial charge in [0.15, 0.2) is 0 Å². The molecule has 0 N–H and O–H groups in total. The Morgan fingerprint density at radius 2 is 2.00 bits per heavy atom. The molecule has 15 heavy (non-hydrogen) atoms. The average molecular weight is 212 g/mol. The monoisotopic (exact) mass is 212 g/mol. The lowest BCUT2D eigenvalue weighted by atomic mass is 10.2. The highest BCUT2D eigenvalue weighted by atomic mass is 19.3. The fraction of sp³-hybridized carbons (Fsp3) is 0.364. The van der Waals surface area contributed by atoms with Crippen LogP contribution in [0.2, 0.25) is 0 Å². The SMILES string of the molecule is CCC(C)Oc1ccc(C(=O)OF)cc1. The van der Waals surface area contributed by atoms with Crippen molar-refractivity contribution >= 4 is 5.97 Å². The van der Waals surface area contributed by atoms with Crippen LogP contribution in [0.3, 0.4) is 0 Å². The average Bonchev–Trinajstić information content (AvgIpc) is 2.29. The van der Waals surface area contributed by atoms with E-state index in [1.165, 1.54) is 12.1 Å². The van der Waals surface area contributed by atoms with Crippen molar-refractivity contribution in [3.63, 3.8) is 0 Å². The molecule has 3 nitrogen and oxygen atoms in total. The molecule has 0 aliphatic heterocycles. The molecule has 1 aromatic carbocycles. The molecule has 1 atom stereocenters. The smallest absolute Gasteiger partial charge is 0.379 e. The van der Waals surface area contributed by atoms with Gasteiger partial charge in [-0.1, -0.05) is 6.92 Å². The van der Waals surface area contributed by atoms with E-state index in [4.69, 9.17) is 4.74 Å². The van der Waals surface area contributed by atoms with Gasteiger partial charge >= 0.3 is 5.97 Å². The summed E-state index contributed by atoms with van der Waals surface area (Å²) >= 11 is 0. The van der Waals surface area contributed by atoms with Gasteiger partial charge in [-0.15, -0.1) is 0 Å². The van der Waals surface area contributed by atoms with Gasteiger partial charge < -0.3 is 4.74 Å². The highest BCUT2D eigenvalue weighted by Crippen LogP contribution is 2.15. The molecular weight excluding hydrogens is 199 g/mol. The van der Waals surface area contributed by atoms with Crippen molar-refractivity contribution < 1.29 is 19.0 Å². The maximum absolute atomic E-state index is 11.6. The first-order chi connectivity index (χ1) is 7.17. The Morgan fingerprint density at radius 3 is 2.47 bits per heavy atom. The van der Waals surface area contributed by atoms with Crippen molar-refractivity contribution in [2.45, 2.75) is 26.4 Å². The summed E-state index contributed by atoms with van der Waals surface area (Å²) < 4.78 is 17.0. The van der Waals surface area contributed by atoms with Crippen LogP contribution in [0.1, 0.15) is 30.6 Å². The molecule has 0 fully saturated rings. The summed E-state index contributed by atoms with van der Waals surface area (Å²) in [6.07, 6.45) is 1.01. The van der Waals surface area contributed by atoms with Crippen LogP contribution < -0.4 is 4.74 Å². The maximum atomic E-state index is 11.6. The highest BCUT2D eigenvalue weighted by Gasteiger charge is 2.08. The van der Waals surface area contributed by atoms with E-state index in [-0.39, 0.29) is 11.7 Å². The Morgan fingerprint density at radius 1 is 1.40 bits per heavy atom. The van der Waals surface area contributed by atoms with E-state index in [1.807, 2.05) is 13.8 Å². The number of hydrogen-bond donors (Lipinski definition) is 0. The largest absolute Gasteiger partial charge is 0.491 e. The van der Waals surface area contributed by atoms with E-state index in [1.54, 1.807) is 12.1 Å². The van der Waals surface area contributed by atoms with Crippen molar-refractivity contribution in [1.82, 2.24) is 0 Å². The molecule has 0 aromatic heterocycles. The number of carbonyl (C=O) groups is 1. The molecule has 0 heterocycles. The Balaban J connectivity index is 2.68. The summed E-state index contributed by atoms with van der Waals surface area (Å²) in [5.41, 5.74) is 0.161. The first-order valence-corrected chi connectivity index (χ1v) is 4.77. The zero-order valence-corrected chi connectivity index (χ0v) is 8.70. The number of hydrogen-bond acceptors (Lipinski definition) is 3. The molecule has 0 saturated heterocycles. The predicted molar refractivity (Wildman–Crippen MR) is 53.3 cm³/mol. The lowest BCUT2D eigenvalue weighted by Crippen LogP contribution is -2.09. The maximum Gasteiger partial charge on any atom is 0.379 e. The second-order valence-corrected chi connectivity index (χ2v) is 3.23. The second kappa shape index (κ2) is 5.34. The van der Waals surface area contributed by atoms with Gasteiger partial charge in [0.1, 0.15) is 5.75 Å². The normalized spacial score (nSPS) is 11.9. The topological polar surface area (TPSA) is 35.5 Å². The molecule has 1 unspecified atom stereocenters. The molecule has 0 bridgehead atoms. The zero-order valence-electron chi connectivity index (χ0n) is 8.70. The molecule has 0 amide bonds. The molecule has 0 saturated carbocycles. The van der Waals surface area contributed by atoms with Gasteiger partial charge in [-0.2, -0.15) is 0 Å². The van der Waals surface area contributed by atoms with Gasteiger partial charge in [0, 0.05) is 4.53 Å². The van der Waals surface area contributed by atoms with E-state index in [9.17, 15) is 9.32 Å². The van der Waals surface area contributed by atoms with Crippen LogP contribution in [0.4, 0.5) is 4.53 Å². The van der Waals surface area contributed by atoms with Crippen molar-refractivity contribution in [2.75, 3.05) is 0 Å². The van der Waals surface area contributed by atoms with Crippen LogP contribution in [-0.4, -0.2) is 12.1 Å². The predicted octanol–water partition coefficient (Wildman–Crippen LogP) is 2.91. The summed E-state index contributed by atoms with van der Waals surface area (Å²) in [6.45, 7) is 3.96. The minimum absolute atomic E-state index is 0.115. The standard InChI is InChI=1S/C11H13FO3/c1-3-8(2)14-10-6-4-9(5-7-10)11(13)15-12/h4-8H,3H2,1-2H3. The molecule has 0 radical (unpaired) electrons. The minimum atomic E-state index is -0.995. The summed E-state index contributed by atoms with van der Waals surface area (Å²) in [4.78, 5) is 13.9. The van der Waals surface area contributed by atoms with E-state index in [0.29, 0.717) is 5.75 Å². The van der Waals surface area contributed by atoms with Crippen molar-refractivity contribution in [3.05, 3.63) is 29.8 Å². The summed E-state index contributed by atoms with van der Waals surface area (Å²) in [7, 11) is 0. The third kappa shape index (κ3) is 3.23. The number of carbonyl (C=O) groups excluding carboxylic acids is 1. The van der Waals surface area contributed by atoms with Crippen LogP contribution in [0.5, 0.6) is 5.75 Å². The second-order valence-electron chi connectivity index (χ2n) is 3.23. The van der Waals surface area contributed by atoms with Crippen LogP contribution in [0.25, 0.3) is 0 Å². The zero-order chi connectivity index (χ0) is 11.3. The Labute approximate surface area is 87.7 Å². The minimum Gasteiger partial charge on any atom is -0.491 e. The van der Waals surface area contributed by atoms with E-state index in [0.717, 1.165) is 6.42 Å². The fourth-order valence-electron chi connectivity index (χ4n) is 1.03. The Hall–Kier alpha value is -1.58.